The fourth-order valence-electron chi connectivity index (χ4n) is 9.46. The summed E-state index contributed by atoms with van der Waals surface area (Å²) in [4.78, 5) is 95.5. The Morgan fingerprint density at radius 2 is 1.65 bits per heavy atom. The summed E-state index contributed by atoms with van der Waals surface area (Å²) >= 11 is 0. The molecular weight excluding hydrogens is 986 g/mol. The molecule has 0 bridgehead atoms. The zero-order valence-corrected chi connectivity index (χ0v) is 44.8. The molecule has 3 aromatic heterocycles. The fourth-order valence-corrected chi connectivity index (χ4v) is 9.95. The van der Waals surface area contributed by atoms with E-state index >= 15 is 4.39 Å². The van der Waals surface area contributed by atoms with Crippen LogP contribution in [0.3, 0.4) is 0 Å². The first-order valence-electron chi connectivity index (χ1n) is 25.9. The van der Waals surface area contributed by atoms with E-state index in [1.807, 2.05) is 0 Å². The van der Waals surface area contributed by atoms with Gasteiger partial charge in [0.1, 0.15) is 24.5 Å². The third-order valence-electron chi connectivity index (χ3n) is 13.5. The molecular formula is C54H70FN9O10S. The summed E-state index contributed by atoms with van der Waals surface area (Å²) in [6.07, 6.45) is 8.91. The molecule has 0 saturated heterocycles. The van der Waals surface area contributed by atoms with Crippen molar-refractivity contribution in [3.8, 4) is 23.2 Å². The fraction of sp³-hybridized carbons (Fsp3) is 0.537. The van der Waals surface area contributed by atoms with Crippen LogP contribution >= 0.6 is 0 Å². The number of nitrogens with one attached hydrogen (secondary N) is 4. The van der Waals surface area contributed by atoms with E-state index in [1.165, 1.54) is 23.0 Å². The number of aromatic nitrogens is 4. The number of fused-ring (bicyclic) bond motifs is 5. The van der Waals surface area contributed by atoms with Crippen molar-refractivity contribution in [3.05, 3.63) is 80.1 Å². The Kier molecular flexibility index (Phi) is 19.8. The third kappa shape index (κ3) is 14.2. The van der Waals surface area contributed by atoms with E-state index in [0.29, 0.717) is 71.9 Å². The maximum Gasteiger partial charge on any atom is 0.343 e. The van der Waals surface area contributed by atoms with Crippen LogP contribution in [0, 0.1) is 30.5 Å². The molecule has 19 nitrogen and oxygen atoms in total. The average Bonchev–Trinajstić information content (AvgIpc) is 3.74. The van der Waals surface area contributed by atoms with Crippen LogP contribution in [0.15, 0.2) is 40.5 Å². The second kappa shape index (κ2) is 25.7. The van der Waals surface area contributed by atoms with E-state index in [9.17, 15) is 42.3 Å². The SMILES string of the molecule is CCCN(CCC)CCCC[C@H](NC(=O)[C@@H](NC(=O)CCCC#Cc1cnc(S(C)(=O)=O)nc1)C(C)C)C(=O)NCC(=O)NCCCc1c2c(nc3cc(F)c(C)cc13)-c1cc3c(c(=O)n1C2)COC(=O)[C@]3(O)CC. The van der Waals surface area contributed by atoms with Gasteiger partial charge in [-0.05, 0) is 114 Å². The molecule has 0 unspecified atom stereocenters. The van der Waals surface area contributed by atoms with Gasteiger partial charge in [-0.3, -0.25) is 24.0 Å². The number of benzene rings is 1. The second-order valence-corrected chi connectivity index (χ2v) is 21.6. The monoisotopic (exact) mass is 1060 g/mol. The summed E-state index contributed by atoms with van der Waals surface area (Å²) in [5, 5.41) is 22.9. The number of aryl methyl sites for hydroxylation is 2. The van der Waals surface area contributed by atoms with Crippen molar-refractivity contribution in [1.29, 1.82) is 0 Å². The Labute approximate surface area is 437 Å². The average molecular weight is 1060 g/mol. The van der Waals surface area contributed by atoms with E-state index in [4.69, 9.17) is 9.72 Å². The third-order valence-corrected chi connectivity index (χ3v) is 14.4. The van der Waals surface area contributed by atoms with Crippen LogP contribution in [0.5, 0.6) is 0 Å². The highest BCUT2D eigenvalue weighted by molar-refractivity contribution is 7.90. The van der Waals surface area contributed by atoms with Crippen molar-refractivity contribution >= 4 is 50.3 Å². The first-order chi connectivity index (χ1) is 35.7. The van der Waals surface area contributed by atoms with Crippen molar-refractivity contribution in [3.63, 3.8) is 0 Å². The topological polar surface area (TPSA) is 261 Å². The summed E-state index contributed by atoms with van der Waals surface area (Å²) < 4.78 is 45.0. The summed E-state index contributed by atoms with van der Waals surface area (Å²) in [6, 6.07) is 2.70. The Morgan fingerprint density at radius 1 is 0.933 bits per heavy atom. The quantitative estimate of drug-likeness (QED) is 0.0240. The molecule has 0 radical (unpaired) electrons. The van der Waals surface area contributed by atoms with E-state index in [2.05, 4.69) is 61.8 Å². The minimum absolute atomic E-state index is 0.0188. The number of carbonyl (C=O) groups is 5. The van der Waals surface area contributed by atoms with Crippen LogP contribution in [-0.4, -0.2) is 119 Å². The molecule has 2 aliphatic heterocycles. The van der Waals surface area contributed by atoms with Crippen molar-refractivity contribution in [2.75, 3.05) is 39.0 Å². The number of aliphatic hydroxyl groups is 1. The molecule has 6 rings (SSSR count). The van der Waals surface area contributed by atoms with Crippen LogP contribution in [0.25, 0.3) is 22.3 Å². The van der Waals surface area contributed by atoms with Gasteiger partial charge >= 0.3 is 5.97 Å². The van der Waals surface area contributed by atoms with Gasteiger partial charge < -0.3 is 40.6 Å². The summed E-state index contributed by atoms with van der Waals surface area (Å²) in [5.74, 6) is 2.21. The van der Waals surface area contributed by atoms with Crippen LogP contribution in [0.4, 0.5) is 4.39 Å². The van der Waals surface area contributed by atoms with Crippen molar-refractivity contribution in [2.45, 2.75) is 148 Å². The number of carbonyl (C=O) groups excluding carboxylic acids is 5. The van der Waals surface area contributed by atoms with Gasteiger partial charge in [-0.15, -0.1) is 0 Å². The van der Waals surface area contributed by atoms with Gasteiger partial charge in [-0.25, -0.2) is 32.6 Å². The summed E-state index contributed by atoms with van der Waals surface area (Å²) in [7, 11) is -3.54. The van der Waals surface area contributed by atoms with Crippen molar-refractivity contribution in [2.24, 2.45) is 5.92 Å². The molecule has 75 heavy (non-hydrogen) atoms. The number of hydrogen-bond donors (Lipinski definition) is 5. The number of pyridine rings is 2. The van der Waals surface area contributed by atoms with Crippen molar-refractivity contribution < 1.29 is 46.6 Å². The largest absolute Gasteiger partial charge is 0.458 e. The number of halogens is 1. The Balaban J connectivity index is 1.07. The number of rotatable bonds is 25. The lowest BCUT2D eigenvalue weighted by Crippen LogP contribution is -2.56. The van der Waals surface area contributed by atoms with Crippen LogP contribution in [-0.2, 0) is 63.7 Å². The number of nitrogens with zero attached hydrogens (tertiary/aromatic N) is 5. The van der Waals surface area contributed by atoms with Gasteiger partial charge in [0.25, 0.3) is 5.56 Å². The Bertz CT molecular complexity index is 3020. The van der Waals surface area contributed by atoms with Gasteiger partial charge in [0.15, 0.2) is 5.60 Å². The lowest BCUT2D eigenvalue weighted by Gasteiger charge is -2.31. The van der Waals surface area contributed by atoms with Crippen molar-refractivity contribution in [1.82, 2.24) is 45.7 Å². The number of cyclic esters (lactones) is 1. The number of ether oxygens (including phenoxy) is 1. The maximum atomic E-state index is 15.0. The Morgan fingerprint density at radius 3 is 2.32 bits per heavy atom. The first kappa shape index (κ1) is 57.6. The van der Waals surface area contributed by atoms with Gasteiger partial charge in [0.05, 0.1) is 41.1 Å². The number of sulfone groups is 1. The van der Waals surface area contributed by atoms with Gasteiger partial charge in [-0.2, -0.15) is 0 Å². The van der Waals surface area contributed by atoms with E-state index < -0.39 is 62.6 Å². The molecule has 0 saturated carbocycles. The predicted octanol–water partition coefficient (Wildman–Crippen LogP) is 4.03. The predicted molar refractivity (Wildman–Crippen MR) is 279 cm³/mol. The lowest BCUT2D eigenvalue weighted by atomic mass is 9.86. The number of amides is 4. The molecule has 1 aromatic carbocycles. The molecule has 0 spiro atoms. The smallest absolute Gasteiger partial charge is 0.343 e. The minimum Gasteiger partial charge on any atom is -0.458 e. The highest BCUT2D eigenvalue weighted by atomic mass is 32.2. The zero-order chi connectivity index (χ0) is 54.6. The van der Waals surface area contributed by atoms with Crippen LogP contribution in [0.1, 0.15) is 132 Å². The van der Waals surface area contributed by atoms with E-state index in [1.54, 1.807) is 39.8 Å². The molecule has 2 aliphatic rings. The molecule has 0 fully saturated rings. The van der Waals surface area contributed by atoms with Gasteiger partial charge in [-0.1, -0.05) is 46.5 Å². The standard InChI is InChI=1S/C54H70FN9O10S/c1-8-22-63(23-9-2)24-15-14-19-42(61-50(68)47(33(4)5)62-45(65)20-13-11-12-17-35-28-58-53(59-29-35)75(7,72)73)49(67)57-30-46(66)56-21-16-18-36-37-25-34(6)41(55)27-43(37)60-48-38(36)31-64-44(48)26-40-39(51(64)69)32-74-52(70)54(40,71)10-3/h25-29,33,42,47,71H,8-11,13-16,18-24,30-32H2,1-7H3,(H,56,66)(H,57,67)(H,61,68)(H,62,65)/t42-,47-,54-/m0/s1. The van der Waals surface area contributed by atoms with E-state index in [0.717, 1.165) is 56.3 Å². The molecule has 404 valence electrons. The maximum absolute atomic E-state index is 15.0. The summed E-state index contributed by atoms with van der Waals surface area (Å²) in [6.45, 7) is 13.5. The minimum atomic E-state index is -3.54. The zero-order valence-electron chi connectivity index (χ0n) is 44.0. The normalized spacial score (nSPS) is 15.5. The lowest BCUT2D eigenvalue weighted by molar-refractivity contribution is -0.172. The first-order valence-corrected chi connectivity index (χ1v) is 27.8. The van der Waals surface area contributed by atoms with Crippen LogP contribution < -0.4 is 26.8 Å². The number of unbranched alkanes of at least 4 members (excludes halogenated alkanes) is 2. The molecule has 0 aliphatic carbocycles. The highest BCUT2D eigenvalue weighted by Gasteiger charge is 2.45. The van der Waals surface area contributed by atoms with Crippen LogP contribution in [0.2, 0.25) is 0 Å². The Hall–Kier alpha value is -6.63. The number of hydrogen-bond acceptors (Lipinski definition) is 14. The molecule has 5 N–H and O–H groups in total. The second-order valence-electron chi connectivity index (χ2n) is 19.7. The van der Waals surface area contributed by atoms with Gasteiger partial charge in [0, 0.05) is 60.6 Å². The number of esters is 1. The molecule has 4 aromatic rings. The molecule has 5 heterocycles. The van der Waals surface area contributed by atoms with Gasteiger partial charge in [0.2, 0.25) is 38.6 Å². The van der Waals surface area contributed by atoms with E-state index in [-0.39, 0.29) is 67.2 Å². The summed E-state index contributed by atoms with van der Waals surface area (Å²) in [5.41, 5.74) is 1.46. The molecule has 21 heteroatoms. The highest BCUT2D eigenvalue weighted by Crippen LogP contribution is 2.41. The molecule has 4 amide bonds. The molecule has 3 atom stereocenters.